The quantitative estimate of drug-likeness (QED) is 0.702. The Bertz CT molecular complexity index is 817. The van der Waals surface area contributed by atoms with Crippen LogP contribution in [0.2, 0.25) is 0 Å². The van der Waals surface area contributed by atoms with E-state index in [9.17, 15) is 13.2 Å². The summed E-state index contributed by atoms with van der Waals surface area (Å²) in [7, 11) is -2.09. The Hall–Kier alpha value is -2.22. The lowest BCUT2D eigenvalue weighted by atomic mass is 10.1. The first-order valence-electron chi connectivity index (χ1n) is 7.85. The van der Waals surface area contributed by atoms with Crippen LogP contribution in [0.5, 0.6) is 0 Å². The lowest BCUT2D eigenvalue weighted by Gasteiger charge is -2.09. The largest absolute Gasteiger partial charge is 0.383 e. The first-order chi connectivity index (χ1) is 11.9. The molecule has 6 nitrogen and oxygen atoms in total. The van der Waals surface area contributed by atoms with Crippen LogP contribution in [0, 0.1) is 6.92 Å². The summed E-state index contributed by atoms with van der Waals surface area (Å²) in [4.78, 5) is 12.0. The monoisotopic (exact) mass is 362 g/mol. The zero-order valence-electron chi connectivity index (χ0n) is 14.3. The van der Waals surface area contributed by atoms with E-state index in [0.29, 0.717) is 18.7 Å². The number of benzene rings is 2. The Kier molecular flexibility index (Phi) is 6.69. The summed E-state index contributed by atoms with van der Waals surface area (Å²) in [6.07, 6.45) is 0. The van der Waals surface area contributed by atoms with Crippen molar-refractivity contribution in [2.24, 2.45) is 0 Å². The van der Waals surface area contributed by atoms with Gasteiger partial charge >= 0.3 is 0 Å². The van der Waals surface area contributed by atoms with Crippen molar-refractivity contribution < 1.29 is 17.9 Å². The molecule has 0 unspecified atom stereocenters. The number of carbonyl (C=O) groups excluding carboxylic acids is 1. The zero-order chi connectivity index (χ0) is 18.3. The fourth-order valence-corrected chi connectivity index (χ4v) is 3.26. The molecular formula is C18H22N2O4S. The molecule has 0 aliphatic heterocycles. The van der Waals surface area contributed by atoms with Crippen molar-refractivity contribution in [3.8, 4) is 0 Å². The van der Waals surface area contributed by atoms with Crippen molar-refractivity contribution in [2.45, 2.75) is 18.4 Å². The summed E-state index contributed by atoms with van der Waals surface area (Å²) >= 11 is 0. The molecule has 2 aromatic rings. The molecule has 0 aliphatic rings. The number of amides is 1. The van der Waals surface area contributed by atoms with Gasteiger partial charge in [-0.1, -0.05) is 29.8 Å². The Morgan fingerprint density at radius 2 is 1.84 bits per heavy atom. The average Bonchev–Trinajstić information content (AvgIpc) is 2.60. The average molecular weight is 362 g/mol. The molecule has 0 atom stereocenters. The minimum Gasteiger partial charge on any atom is -0.383 e. The summed E-state index contributed by atoms with van der Waals surface area (Å²) in [6, 6.07) is 13.4. The maximum Gasteiger partial charge on any atom is 0.251 e. The smallest absolute Gasteiger partial charge is 0.251 e. The van der Waals surface area contributed by atoms with E-state index >= 15 is 0 Å². The predicted molar refractivity (Wildman–Crippen MR) is 95.9 cm³/mol. The lowest BCUT2D eigenvalue weighted by molar-refractivity contribution is 0.0937. The van der Waals surface area contributed by atoms with Crippen molar-refractivity contribution in [3.05, 3.63) is 65.2 Å². The van der Waals surface area contributed by atoms with Crippen LogP contribution in [-0.2, 0) is 21.3 Å². The van der Waals surface area contributed by atoms with Crippen molar-refractivity contribution in [1.82, 2.24) is 10.0 Å². The number of hydrogen-bond donors (Lipinski definition) is 2. The van der Waals surface area contributed by atoms with Crippen LogP contribution in [0.15, 0.2) is 53.4 Å². The number of methoxy groups -OCH3 is 1. The molecule has 0 heterocycles. The van der Waals surface area contributed by atoms with Gasteiger partial charge in [0.05, 0.1) is 11.5 Å². The molecule has 25 heavy (non-hydrogen) atoms. The highest BCUT2D eigenvalue weighted by Gasteiger charge is 2.14. The van der Waals surface area contributed by atoms with Crippen LogP contribution in [0.25, 0.3) is 0 Å². The zero-order valence-corrected chi connectivity index (χ0v) is 15.1. The van der Waals surface area contributed by atoms with Gasteiger partial charge < -0.3 is 10.1 Å². The van der Waals surface area contributed by atoms with E-state index < -0.39 is 10.0 Å². The molecule has 0 fully saturated rings. The molecule has 0 saturated heterocycles. The minimum absolute atomic E-state index is 0.119. The van der Waals surface area contributed by atoms with Crippen molar-refractivity contribution >= 4 is 15.9 Å². The summed E-state index contributed by atoms with van der Waals surface area (Å²) in [5.74, 6) is -0.270. The molecule has 0 saturated carbocycles. The molecule has 1 amide bonds. The van der Waals surface area contributed by atoms with Gasteiger partial charge in [-0.05, 0) is 36.8 Å². The maximum absolute atomic E-state index is 12.4. The third kappa shape index (κ3) is 5.67. The van der Waals surface area contributed by atoms with E-state index in [1.165, 1.54) is 24.3 Å². The van der Waals surface area contributed by atoms with Gasteiger partial charge in [0, 0.05) is 25.8 Å². The van der Waals surface area contributed by atoms with Crippen LogP contribution in [0.3, 0.4) is 0 Å². The second-order valence-electron chi connectivity index (χ2n) is 5.59. The summed E-state index contributed by atoms with van der Waals surface area (Å²) in [5, 5.41) is 2.68. The van der Waals surface area contributed by atoms with Gasteiger partial charge in [-0.2, -0.15) is 0 Å². The molecule has 0 bridgehead atoms. The first-order valence-corrected chi connectivity index (χ1v) is 9.33. The van der Waals surface area contributed by atoms with Gasteiger partial charge in [-0.15, -0.1) is 0 Å². The van der Waals surface area contributed by atoms with Crippen LogP contribution in [-0.4, -0.2) is 34.6 Å². The van der Waals surface area contributed by atoms with Crippen LogP contribution in [0.4, 0.5) is 0 Å². The van der Waals surface area contributed by atoms with E-state index in [1.807, 2.05) is 31.2 Å². The van der Waals surface area contributed by atoms with Crippen LogP contribution < -0.4 is 10.0 Å². The molecule has 2 N–H and O–H groups in total. The normalized spacial score (nSPS) is 11.3. The summed E-state index contributed by atoms with van der Waals surface area (Å²) in [6.45, 7) is 2.98. The summed E-state index contributed by atoms with van der Waals surface area (Å²) in [5.41, 5.74) is 2.35. The van der Waals surface area contributed by atoms with Gasteiger partial charge in [0.1, 0.15) is 0 Å². The number of carbonyl (C=O) groups is 1. The number of aryl methyl sites for hydroxylation is 1. The van der Waals surface area contributed by atoms with E-state index in [4.69, 9.17) is 4.74 Å². The second kappa shape index (κ2) is 8.75. The number of rotatable bonds is 8. The van der Waals surface area contributed by atoms with Crippen molar-refractivity contribution in [1.29, 1.82) is 0 Å². The molecular weight excluding hydrogens is 340 g/mol. The molecule has 0 spiro atoms. The van der Waals surface area contributed by atoms with E-state index in [-0.39, 0.29) is 17.3 Å². The maximum atomic E-state index is 12.4. The predicted octanol–water partition coefficient (Wildman–Crippen LogP) is 1.85. The number of nitrogens with one attached hydrogen (secondary N) is 2. The molecule has 7 heteroatoms. The molecule has 0 aliphatic carbocycles. The molecule has 134 valence electrons. The Morgan fingerprint density at radius 1 is 1.12 bits per heavy atom. The van der Waals surface area contributed by atoms with Gasteiger partial charge in [0.15, 0.2) is 0 Å². The second-order valence-corrected chi connectivity index (χ2v) is 7.35. The fraction of sp³-hybridized carbons (Fsp3) is 0.278. The Labute approximate surface area is 148 Å². The minimum atomic E-state index is -3.64. The Morgan fingerprint density at radius 3 is 2.48 bits per heavy atom. The Balaban J connectivity index is 2.01. The summed E-state index contributed by atoms with van der Waals surface area (Å²) < 4.78 is 32.1. The third-order valence-corrected chi connectivity index (χ3v) is 4.98. The van der Waals surface area contributed by atoms with E-state index in [2.05, 4.69) is 10.0 Å². The number of ether oxygens (including phenoxy) is 1. The third-order valence-electron chi connectivity index (χ3n) is 3.57. The number of sulfonamides is 1. The number of hydrogen-bond acceptors (Lipinski definition) is 4. The molecule has 2 rings (SSSR count). The topological polar surface area (TPSA) is 84.5 Å². The molecule has 2 aromatic carbocycles. The van der Waals surface area contributed by atoms with Gasteiger partial charge in [0.2, 0.25) is 10.0 Å². The highest BCUT2D eigenvalue weighted by atomic mass is 32.2. The highest BCUT2D eigenvalue weighted by molar-refractivity contribution is 7.89. The van der Waals surface area contributed by atoms with Gasteiger partial charge in [-0.25, -0.2) is 13.1 Å². The lowest BCUT2D eigenvalue weighted by Crippen LogP contribution is -2.27. The van der Waals surface area contributed by atoms with Crippen molar-refractivity contribution in [2.75, 3.05) is 20.3 Å². The standard InChI is InChI=1S/C18H22N2O4S/c1-14-4-3-5-15(12-14)13-20-25(22,23)17-8-6-16(7-9-17)18(21)19-10-11-24-2/h3-9,12,20H,10-11,13H2,1-2H3,(H,19,21). The SMILES string of the molecule is COCCNC(=O)c1ccc(S(=O)(=O)NCc2cccc(C)c2)cc1. The van der Waals surface area contributed by atoms with Crippen LogP contribution in [0.1, 0.15) is 21.5 Å². The van der Waals surface area contributed by atoms with Gasteiger partial charge in [-0.3, -0.25) is 4.79 Å². The first kappa shape index (κ1) is 19.1. The van der Waals surface area contributed by atoms with E-state index in [0.717, 1.165) is 11.1 Å². The molecule has 0 aromatic heterocycles. The van der Waals surface area contributed by atoms with Crippen LogP contribution >= 0.6 is 0 Å². The highest BCUT2D eigenvalue weighted by Crippen LogP contribution is 2.12. The van der Waals surface area contributed by atoms with E-state index in [1.54, 1.807) is 7.11 Å². The fourth-order valence-electron chi connectivity index (χ4n) is 2.24. The van der Waals surface area contributed by atoms with Gasteiger partial charge in [0.25, 0.3) is 5.91 Å². The van der Waals surface area contributed by atoms with Crippen molar-refractivity contribution in [3.63, 3.8) is 0 Å². The molecule has 0 radical (unpaired) electrons.